The molecule has 1 aliphatic rings. The summed E-state index contributed by atoms with van der Waals surface area (Å²) in [6, 6.07) is -0.782. The molecule has 1 atom stereocenters. The van der Waals surface area contributed by atoms with E-state index in [4.69, 9.17) is 4.52 Å². The number of carboxylic acids is 1. The van der Waals surface area contributed by atoms with Gasteiger partial charge >= 0.3 is 12.0 Å². The molecule has 0 spiro atoms. The van der Waals surface area contributed by atoms with E-state index < -0.39 is 17.5 Å². The molecular weight excluding hydrogens is 274 g/mol. The highest BCUT2D eigenvalue weighted by Gasteiger charge is 2.42. The molecule has 1 fully saturated rings. The molecule has 1 saturated carbocycles. The number of nitrogens with one attached hydrogen (secondary N) is 2. The summed E-state index contributed by atoms with van der Waals surface area (Å²) in [5.41, 5.74) is 0.401. The van der Waals surface area contributed by atoms with Crippen molar-refractivity contribution in [3.63, 3.8) is 0 Å². The number of carbonyl (C=O) groups is 2. The Hall–Kier alpha value is -2.05. The topological polar surface area (TPSA) is 104 Å². The third-order valence-corrected chi connectivity index (χ3v) is 4.09. The zero-order valence-corrected chi connectivity index (χ0v) is 12.5. The second-order valence-electron chi connectivity index (χ2n) is 5.65. The first-order chi connectivity index (χ1) is 9.85. The van der Waals surface area contributed by atoms with Crippen LogP contribution in [0, 0.1) is 13.8 Å². The first kappa shape index (κ1) is 15.3. The van der Waals surface area contributed by atoms with Gasteiger partial charge in [-0.25, -0.2) is 9.59 Å². The van der Waals surface area contributed by atoms with Crippen LogP contribution < -0.4 is 10.6 Å². The van der Waals surface area contributed by atoms with Crippen molar-refractivity contribution in [2.45, 2.75) is 58.0 Å². The molecule has 0 aromatic carbocycles. The number of carboxylic acid groups (broad SMARTS) is 1. The highest BCUT2D eigenvalue weighted by molar-refractivity contribution is 5.86. The summed E-state index contributed by atoms with van der Waals surface area (Å²) in [6.45, 7) is 5.40. The van der Waals surface area contributed by atoms with E-state index in [0.717, 1.165) is 18.4 Å². The summed E-state index contributed by atoms with van der Waals surface area (Å²) in [5, 5.41) is 18.6. The number of aromatic nitrogens is 1. The molecule has 7 heteroatoms. The Kier molecular flexibility index (Phi) is 4.20. The van der Waals surface area contributed by atoms with Crippen LogP contribution in [0.1, 0.15) is 55.7 Å². The lowest BCUT2D eigenvalue weighted by atomic mass is 9.98. The van der Waals surface area contributed by atoms with Crippen LogP contribution in [0.4, 0.5) is 4.79 Å². The molecule has 0 bridgehead atoms. The molecule has 116 valence electrons. The Bertz CT molecular complexity index is 527. The SMILES string of the molecule is Cc1noc(C)c1C(C)NC(=O)NC1(C(=O)O)CCCC1. The van der Waals surface area contributed by atoms with E-state index in [1.807, 2.05) is 6.92 Å². The zero-order valence-electron chi connectivity index (χ0n) is 12.5. The molecule has 0 saturated heterocycles. The van der Waals surface area contributed by atoms with E-state index in [2.05, 4.69) is 15.8 Å². The summed E-state index contributed by atoms with van der Waals surface area (Å²) in [5.74, 6) is -0.325. The van der Waals surface area contributed by atoms with Gasteiger partial charge in [-0.1, -0.05) is 18.0 Å². The minimum atomic E-state index is -1.14. The predicted molar refractivity (Wildman–Crippen MR) is 74.9 cm³/mol. The first-order valence-corrected chi connectivity index (χ1v) is 7.10. The average Bonchev–Trinajstić information content (AvgIpc) is 2.97. The summed E-state index contributed by atoms with van der Waals surface area (Å²) >= 11 is 0. The van der Waals surface area contributed by atoms with E-state index in [1.165, 1.54) is 0 Å². The van der Waals surface area contributed by atoms with Crippen molar-refractivity contribution < 1.29 is 19.2 Å². The number of rotatable bonds is 4. The Morgan fingerprint density at radius 2 is 1.95 bits per heavy atom. The van der Waals surface area contributed by atoms with Gasteiger partial charge in [0, 0.05) is 5.56 Å². The monoisotopic (exact) mass is 295 g/mol. The molecule has 0 radical (unpaired) electrons. The zero-order chi connectivity index (χ0) is 15.6. The fourth-order valence-electron chi connectivity index (χ4n) is 3.00. The fourth-order valence-corrected chi connectivity index (χ4v) is 3.00. The maximum atomic E-state index is 12.1. The normalized spacial score (nSPS) is 18.2. The molecule has 2 amide bonds. The minimum Gasteiger partial charge on any atom is -0.480 e. The maximum Gasteiger partial charge on any atom is 0.329 e. The number of amides is 2. The van der Waals surface area contributed by atoms with Gasteiger partial charge in [-0.15, -0.1) is 0 Å². The van der Waals surface area contributed by atoms with Crippen molar-refractivity contribution in [2.75, 3.05) is 0 Å². The fraction of sp³-hybridized carbons (Fsp3) is 0.643. The van der Waals surface area contributed by atoms with Crippen LogP contribution in [0.5, 0.6) is 0 Å². The third-order valence-electron chi connectivity index (χ3n) is 4.09. The Labute approximate surface area is 123 Å². The van der Waals surface area contributed by atoms with Crippen LogP contribution in [0.25, 0.3) is 0 Å². The van der Waals surface area contributed by atoms with Crippen LogP contribution in [0.15, 0.2) is 4.52 Å². The number of aryl methyl sites for hydroxylation is 2. The standard InChI is InChI=1S/C14H21N3O4/c1-8(11-9(2)17-21-10(11)3)15-13(20)16-14(12(18)19)6-4-5-7-14/h8H,4-7H2,1-3H3,(H,18,19)(H2,15,16,20). The Morgan fingerprint density at radius 3 is 2.43 bits per heavy atom. The van der Waals surface area contributed by atoms with E-state index in [1.54, 1.807) is 13.8 Å². The average molecular weight is 295 g/mol. The molecule has 1 aromatic rings. The van der Waals surface area contributed by atoms with Gasteiger partial charge in [-0.05, 0) is 33.6 Å². The van der Waals surface area contributed by atoms with Gasteiger partial charge in [-0.3, -0.25) is 0 Å². The molecule has 0 aliphatic heterocycles. The van der Waals surface area contributed by atoms with Crippen LogP contribution in [0.3, 0.4) is 0 Å². The molecule has 1 aliphatic carbocycles. The van der Waals surface area contributed by atoms with Crippen LogP contribution >= 0.6 is 0 Å². The van der Waals surface area contributed by atoms with Crippen molar-refractivity contribution in [3.8, 4) is 0 Å². The van der Waals surface area contributed by atoms with Gasteiger partial charge in [0.2, 0.25) is 0 Å². The van der Waals surface area contributed by atoms with Gasteiger partial charge < -0.3 is 20.3 Å². The first-order valence-electron chi connectivity index (χ1n) is 7.10. The molecule has 1 aromatic heterocycles. The van der Waals surface area contributed by atoms with Crippen molar-refractivity contribution in [1.82, 2.24) is 15.8 Å². The highest BCUT2D eigenvalue weighted by Crippen LogP contribution is 2.30. The highest BCUT2D eigenvalue weighted by atomic mass is 16.5. The smallest absolute Gasteiger partial charge is 0.329 e. The lowest BCUT2D eigenvalue weighted by molar-refractivity contribution is -0.144. The quantitative estimate of drug-likeness (QED) is 0.788. The lowest BCUT2D eigenvalue weighted by Crippen LogP contribution is -2.55. The van der Waals surface area contributed by atoms with Gasteiger partial charge in [0.1, 0.15) is 11.3 Å². The minimum absolute atomic E-state index is 0.302. The van der Waals surface area contributed by atoms with Crippen molar-refractivity contribution in [2.24, 2.45) is 0 Å². The lowest BCUT2D eigenvalue weighted by Gasteiger charge is -2.26. The number of nitrogens with zero attached hydrogens (tertiary/aromatic N) is 1. The van der Waals surface area contributed by atoms with E-state index in [0.29, 0.717) is 24.3 Å². The van der Waals surface area contributed by atoms with Crippen molar-refractivity contribution in [3.05, 3.63) is 17.0 Å². The van der Waals surface area contributed by atoms with Gasteiger partial charge in [-0.2, -0.15) is 0 Å². The van der Waals surface area contributed by atoms with Crippen molar-refractivity contribution >= 4 is 12.0 Å². The van der Waals surface area contributed by atoms with Crippen LogP contribution in [-0.2, 0) is 4.79 Å². The maximum absolute atomic E-state index is 12.1. The molecule has 2 rings (SSSR count). The second-order valence-corrected chi connectivity index (χ2v) is 5.65. The second kappa shape index (κ2) is 5.75. The van der Waals surface area contributed by atoms with Crippen LogP contribution in [-0.4, -0.2) is 27.8 Å². The summed E-state index contributed by atoms with van der Waals surface area (Å²) in [6.07, 6.45) is 2.56. The molecule has 7 nitrogen and oxygen atoms in total. The summed E-state index contributed by atoms with van der Waals surface area (Å²) < 4.78 is 5.07. The Morgan fingerprint density at radius 1 is 1.33 bits per heavy atom. The number of carbonyl (C=O) groups excluding carboxylic acids is 1. The largest absolute Gasteiger partial charge is 0.480 e. The summed E-state index contributed by atoms with van der Waals surface area (Å²) in [4.78, 5) is 23.5. The number of hydrogen-bond acceptors (Lipinski definition) is 4. The number of hydrogen-bond donors (Lipinski definition) is 3. The van der Waals surface area contributed by atoms with Gasteiger partial charge in [0.15, 0.2) is 0 Å². The van der Waals surface area contributed by atoms with Crippen LogP contribution in [0.2, 0.25) is 0 Å². The van der Waals surface area contributed by atoms with E-state index in [-0.39, 0.29) is 6.04 Å². The third kappa shape index (κ3) is 3.01. The number of urea groups is 1. The predicted octanol–water partition coefficient (Wildman–Crippen LogP) is 2.05. The molecular formula is C14H21N3O4. The van der Waals surface area contributed by atoms with E-state index >= 15 is 0 Å². The molecule has 1 heterocycles. The van der Waals surface area contributed by atoms with Crippen molar-refractivity contribution in [1.29, 1.82) is 0 Å². The molecule has 3 N–H and O–H groups in total. The van der Waals surface area contributed by atoms with Gasteiger partial charge in [0.05, 0.1) is 11.7 Å². The van der Waals surface area contributed by atoms with E-state index in [9.17, 15) is 14.7 Å². The summed E-state index contributed by atoms with van der Waals surface area (Å²) in [7, 11) is 0. The number of aliphatic carboxylic acids is 1. The molecule has 1 unspecified atom stereocenters. The molecule has 21 heavy (non-hydrogen) atoms. The van der Waals surface area contributed by atoms with Gasteiger partial charge in [0.25, 0.3) is 0 Å². The Balaban J connectivity index is 2.03.